The van der Waals surface area contributed by atoms with Crippen molar-refractivity contribution in [1.82, 2.24) is 4.90 Å². The first kappa shape index (κ1) is 20.3. The molecule has 0 aromatic heterocycles. The van der Waals surface area contributed by atoms with Gasteiger partial charge in [0.25, 0.3) is 0 Å². The normalized spacial score (nSPS) is 13.0. The molecule has 0 spiro atoms. The van der Waals surface area contributed by atoms with Gasteiger partial charge in [-0.1, -0.05) is 29.8 Å². The Hall–Kier alpha value is -2.47. The van der Waals surface area contributed by atoms with Crippen molar-refractivity contribution < 1.29 is 14.3 Å². The zero-order valence-electron chi connectivity index (χ0n) is 16.4. The Morgan fingerprint density at radius 1 is 1.11 bits per heavy atom. The molecule has 0 fully saturated rings. The number of benzene rings is 2. The van der Waals surface area contributed by atoms with E-state index in [1.54, 1.807) is 28.6 Å². The molecule has 28 heavy (non-hydrogen) atoms. The Balaban J connectivity index is 1.43. The van der Waals surface area contributed by atoms with Crippen molar-refractivity contribution in [2.45, 2.75) is 24.7 Å². The van der Waals surface area contributed by atoms with Crippen LogP contribution in [-0.2, 0) is 9.59 Å². The summed E-state index contributed by atoms with van der Waals surface area (Å²) >= 11 is 1.76. The largest absolute Gasteiger partial charge is 0.492 e. The predicted molar refractivity (Wildman–Crippen MR) is 113 cm³/mol. The van der Waals surface area contributed by atoms with E-state index in [0.29, 0.717) is 19.7 Å². The van der Waals surface area contributed by atoms with Crippen LogP contribution in [0.4, 0.5) is 5.69 Å². The second-order valence-corrected chi connectivity index (χ2v) is 7.98. The van der Waals surface area contributed by atoms with Crippen LogP contribution in [0, 0.1) is 6.92 Å². The zero-order valence-corrected chi connectivity index (χ0v) is 17.2. The monoisotopic (exact) mass is 398 g/mol. The molecule has 3 rings (SSSR count). The van der Waals surface area contributed by atoms with Crippen molar-refractivity contribution in [3.05, 3.63) is 54.1 Å². The number of thioether (sulfide) groups is 1. The Kier molecular flexibility index (Phi) is 6.98. The maximum Gasteiger partial charge on any atom is 0.227 e. The highest BCUT2D eigenvalue weighted by Gasteiger charge is 2.23. The van der Waals surface area contributed by atoms with Gasteiger partial charge in [-0.05, 0) is 31.2 Å². The van der Waals surface area contributed by atoms with Crippen LogP contribution in [0.1, 0.15) is 18.4 Å². The molecule has 6 heteroatoms. The summed E-state index contributed by atoms with van der Waals surface area (Å²) in [6.07, 6.45) is 0.437. The fraction of sp³-hybridized carbons (Fsp3) is 0.364. The van der Waals surface area contributed by atoms with Crippen LogP contribution in [-0.4, -0.2) is 49.2 Å². The number of anilines is 1. The predicted octanol–water partition coefficient (Wildman–Crippen LogP) is 3.75. The van der Waals surface area contributed by atoms with Gasteiger partial charge in [-0.25, -0.2) is 0 Å². The third-order valence-corrected chi connectivity index (χ3v) is 5.77. The average Bonchev–Trinajstić information content (AvgIpc) is 2.72. The number of amides is 2. The summed E-state index contributed by atoms with van der Waals surface area (Å²) in [6, 6.07) is 15.8. The van der Waals surface area contributed by atoms with Crippen LogP contribution >= 0.6 is 11.8 Å². The van der Waals surface area contributed by atoms with Crippen molar-refractivity contribution in [3.8, 4) is 5.75 Å². The summed E-state index contributed by atoms with van der Waals surface area (Å²) in [5.74, 6) is 1.64. The number of carbonyl (C=O) groups is 2. The van der Waals surface area contributed by atoms with Gasteiger partial charge in [-0.2, -0.15) is 0 Å². The van der Waals surface area contributed by atoms with E-state index in [1.165, 1.54) is 5.56 Å². The number of nitrogens with zero attached hydrogens (tertiary/aromatic N) is 2. The quantitative estimate of drug-likeness (QED) is 0.713. The van der Waals surface area contributed by atoms with Crippen molar-refractivity contribution in [3.63, 3.8) is 0 Å². The van der Waals surface area contributed by atoms with E-state index < -0.39 is 0 Å². The second-order valence-electron chi connectivity index (χ2n) is 6.84. The van der Waals surface area contributed by atoms with Crippen LogP contribution in [0.15, 0.2) is 53.4 Å². The van der Waals surface area contributed by atoms with Gasteiger partial charge in [0, 0.05) is 37.1 Å². The minimum absolute atomic E-state index is 0.00500. The van der Waals surface area contributed by atoms with E-state index in [4.69, 9.17) is 4.74 Å². The van der Waals surface area contributed by atoms with Crippen LogP contribution in [0.25, 0.3) is 0 Å². The minimum Gasteiger partial charge on any atom is -0.492 e. The molecule has 0 N–H and O–H groups in total. The molecule has 1 aliphatic rings. The number of para-hydroxylation sites is 1. The van der Waals surface area contributed by atoms with Crippen molar-refractivity contribution in [2.24, 2.45) is 0 Å². The molecule has 0 aliphatic carbocycles. The zero-order chi connectivity index (χ0) is 19.9. The summed E-state index contributed by atoms with van der Waals surface area (Å²) in [4.78, 5) is 29.5. The van der Waals surface area contributed by atoms with Gasteiger partial charge < -0.3 is 14.5 Å². The lowest BCUT2D eigenvalue weighted by Crippen LogP contribution is -2.37. The van der Waals surface area contributed by atoms with Crippen molar-refractivity contribution in [1.29, 1.82) is 0 Å². The Labute approximate surface area is 170 Å². The molecule has 0 bridgehead atoms. The van der Waals surface area contributed by atoms with Gasteiger partial charge in [0.05, 0.1) is 12.2 Å². The lowest BCUT2D eigenvalue weighted by Gasteiger charge is -2.29. The highest BCUT2D eigenvalue weighted by atomic mass is 32.2. The highest BCUT2D eigenvalue weighted by molar-refractivity contribution is 7.99. The number of carbonyl (C=O) groups excluding carboxylic acids is 2. The van der Waals surface area contributed by atoms with Crippen molar-refractivity contribution >= 4 is 29.3 Å². The van der Waals surface area contributed by atoms with E-state index in [1.807, 2.05) is 55.5 Å². The molecule has 0 unspecified atom stereocenters. The molecule has 1 aliphatic heterocycles. The Morgan fingerprint density at radius 2 is 1.86 bits per heavy atom. The van der Waals surface area contributed by atoms with E-state index in [0.717, 1.165) is 22.1 Å². The average molecular weight is 399 g/mol. The van der Waals surface area contributed by atoms with Crippen molar-refractivity contribution in [2.75, 3.05) is 37.4 Å². The summed E-state index contributed by atoms with van der Waals surface area (Å²) in [7, 11) is 1.75. The van der Waals surface area contributed by atoms with E-state index >= 15 is 0 Å². The number of fused-ring (bicyclic) bond motifs is 1. The maximum atomic E-state index is 12.6. The van der Waals surface area contributed by atoms with Gasteiger partial charge in [-0.15, -0.1) is 11.8 Å². The Morgan fingerprint density at radius 3 is 2.64 bits per heavy atom. The smallest absolute Gasteiger partial charge is 0.227 e. The van der Waals surface area contributed by atoms with E-state index in [-0.39, 0.29) is 24.7 Å². The summed E-state index contributed by atoms with van der Waals surface area (Å²) in [5.41, 5.74) is 2.13. The van der Waals surface area contributed by atoms with E-state index in [2.05, 4.69) is 0 Å². The molecule has 0 atom stereocenters. The molecular weight excluding hydrogens is 372 g/mol. The lowest BCUT2D eigenvalue weighted by molar-refractivity contribution is -0.132. The van der Waals surface area contributed by atoms with Crippen LogP contribution in [0.5, 0.6) is 5.75 Å². The first-order valence-corrected chi connectivity index (χ1v) is 10.5. The maximum absolute atomic E-state index is 12.6. The first-order valence-electron chi connectivity index (χ1n) is 9.50. The highest BCUT2D eigenvalue weighted by Crippen LogP contribution is 2.34. The molecule has 148 valence electrons. The third-order valence-electron chi connectivity index (χ3n) is 4.72. The topological polar surface area (TPSA) is 49.9 Å². The number of aryl methyl sites for hydroxylation is 1. The summed E-state index contributed by atoms with van der Waals surface area (Å²) in [6.45, 7) is 3.63. The van der Waals surface area contributed by atoms with Gasteiger partial charge in [-0.3, -0.25) is 9.59 Å². The van der Waals surface area contributed by atoms with Crippen LogP contribution in [0.2, 0.25) is 0 Å². The Bertz CT molecular complexity index is 823. The summed E-state index contributed by atoms with van der Waals surface area (Å²) < 4.78 is 5.67. The number of hydrogen-bond acceptors (Lipinski definition) is 4. The summed E-state index contributed by atoms with van der Waals surface area (Å²) in [5, 5.41) is 0. The van der Waals surface area contributed by atoms with Gasteiger partial charge in [0.15, 0.2) is 0 Å². The minimum atomic E-state index is -0.0412. The molecule has 0 saturated carbocycles. The van der Waals surface area contributed by atoms with E-state index in [9.17, 15) is 9.59 Å². The number of ether oxygens (including phenoxy) is 1. The van der Waals surface area contributed by atoms with Crippen LogP contribution in [0.3, 0.4) is 0 Å². The SMILES string of the molecule is Cc1ccc(OCCN(C)C(=O)CCC(=O)N2CCSc3ccccc32)cc1. The van der Waals surface area contributed by atoms with Gasteiger partial charge in [0.2, 0.25) is 11.8 Å². The molecule has 2 aromatic rings. The van der Waals surface area contributed by atoms with Gasteiger partial charge >= 0.3 is 0 Å². The molecule has 1 heterocycles. The number of rotatable bonds is 7. The third kappa shape index (κ3) is 5.29. The fourth-order valence-corrected chi connectivity index (χ4v) is 4.02. The molecule has 2 aromatic carbocycles. The lowest BCUT2D eigenvalue weighted by atomic mass is 10.2. The second kappa shape index (κ2) is 9.64. The molecule has 2 amide bonds. The van der Waals surface area contributed by atoms with Gasteiger partial charge in [0.1, 0.15) is 12.4 Å². The molecule has 0 radical (unpaired) electrons. The number of hydrogen-bond donors (Lipinski definition) is 0. The molecular formula is C22H26N2O3S. The van der Waals surface area contributed by atoms with Crippen LogP contribution < -0.4 is 9.64 Å². The standard InChI is InChI=1S/C22H26N2O3S/c1-17-7-9-18(10-8-17)27-15-13-23(2)21(25)11-12-22(26)24-14-16-28-20-6-4-3-5-19(20)24/h3-10H,11-16H2,1-2H3. The fourth-order valence-electron chi connectivity index (χ4n) is 3.03. The first-order chi connectivity index (χ1) is 13.5. The molecule has 0 saturated heterocycles. The number of likely N-dealkylation sites (N-methyl/N-ethyl adjacent to an activating group) is 1. The molecule has 5 nitrogen and oxygen atoms in total.